The molecule has 0 aliphatic heterocycles. The summed E-state index contributed by atoms with van der Waals surface area (Å²) in [4.78, 5) is 18.1. The van der Waals surface area contributed by atoms with E-state index in [1.54, 1.807) is 23.5 Å². The lowest BCUT2D eigenvalue weighted by Crippen LogP contribution is -2.14. The molecule has 0 saturated carbocycles. The van der Waals surface area contributed by atoms with E-state index in [1.165, 1.54) is 43.8 Å². The molecule has 0 aliphatic carbocycles. The van der Waals surface area contributed by atoms with E-state index in [2.05, 4.69) is 30.0 Å². The summed E-state index contributed by atoms with van der Waals surface area (Å²) in [6.45, 7) is 3.93. The highest BCUT2D eigenvalue weighted by Crippen LogP contribution is 2.33. The van der Waals surface area contributed by atoms with Crippen molar-refractivity contribution < 1.29 is 17.9 Å². The SMILES string of the molecule is COc1cc(NS(=O)(=O)c2ccc(Nc3nc(-c4sc(C)nc4C)cs3)cc2)nc(OC)n1. The molecular weight excluding hydrogens is 484 g/mol. The number of thiazole rings is 2. The third-order valence-electron chi connectivity index (χ3n) is 4.37. The minimum Gasteiger partial charge on any atom is -0.481 e. The number of hydrogen-bond donors (Lipinski definition) is 2. The molecule has 0 unspecified atom stereocenters. The molecule has 3 heterocycles. The van der Waals surface area contributed by atoms with Gasteiger partial charge >= 0.3 is 6.01 Å². The lowest BCUT2D eigenvalue weighted by molar-refractivity contribution is 0.353. The van der Waals surface area contributed by atoms with Crippen LogP contribution in [0.1, 0.15) is 10.7 Å². The number of ether oxygens (including phenoxy) is 2. The molecule has 13 heteroatoms. The summed E-state index contributed by atoms with van der Waals surface area (Å²) in [5.74, 6) is 0.204. The van der Waals surface area contributed by atoms with Gasteiger partial charge in [-0.3, -0.25) is 4.72 Å². The van der Waals surface area contributed by atoms with Crippen LogP contribution < -0.4 is 19.5 Å². The molecule has 0 bridgehead atoms. The van der Waals surface area contributed by atoms with Crippen molar-refractivity contribution in [1.29, 1.82) is 0 Å². The zero-order valence-corrected chi connectivity index (χ0v) is 20.6. The standard InChI is InChI=1S/C20H20N6O4S3/c1-11-18(32-12(2)21-11)15-10-31-20(23-15)22-13-5-7-14(8-6-13)33(27,28)26-16-9-17(29-3)25-19(24-16)30-4/h5-10H,1-4H3,(H,22,23)(H,24,25,26). The quantitative estimate of drug-likeness (QED) is 0.362. The Morgan fingerprint density at radius 2 is 1.73 bits per heavy atom. The van der Waals surface area contributed by atoms with Gasteiger partial charge in [0.1, 0.15) is 0 Å². The number of sulfonamides is 1. The van der Waals surface area contributed by atoms with E-state index < -0.39 is 10.0 Å². The van der Waals surface area contributed by atoms with E-state index in [0.717, 1.165) is 21.3 Å². The number of nitrogens with zero attached hydrogens (tertiary/aromatic N) is 4. The fourth-order valence-corrected chi connectivity index (χ4v) is 5.56. The maximum Gasteiger partial charge on any atom is 0.321 e. The number of aromatic nitrogens is 4. The number of benzene rings is 1. The first-order chi connectivity index (χ1) is 15.8. The van der Waals surface area contributed by atoms with E-state index in [1.807, 2.05) is 19.2 Å². The van der Waals surface area contributed by atoms with Gasteiger partial charge in [-0.2, -0.15) is 9.97 Å². The molecule has 1 aromatic carbocycles. The third kappa shape index (κ3) is 5.21. The number of anilines is 3. The fraction of sp³-hybridized carbons (Fsp3) is 0.200. The second kappa shape index (κ2) is 9.29. The molecule has 0 saturated heterocycles. The summed E-state index contributed by atoms with van der Waals surface area (Å²) in [6.07, 6.45) is 0. The number of methoxy groups -OCH3 is 2. The molecule has 3 aromatic heterocycles. The van der Waals surface area contributed by atoms with E-state index in [0.29, 0.717) is 10.8 Å². The highest BCUT2D eigenvalue weighted by atomic mass is 32.2. The summed E-state index contributed by atoms with van der Waals surface area (Å²) in [5.41, 5.74) is 2.53. The van der Waals surface area contributed by atoms with Gasteiger partial charge in [-0.25, -0.2) is 18.4 Å². The molecule has 0 aliphatic rings. The summed E-state index contributed by atoms with van der Waals surface area (Å²) in [5, 5.41) is 6.86. The second-order valence-corrected chi connectivity index (χ2v) is 10.5. The van der Waals surface area contributed by atoms with Crippen molar-refractivity contribution in [3.05, 3.63) is 46.4 Å². The van der Waals surface area contributed by atoms with Gasteiger partial charge in [0.2, 0.25) is 5.88 Å². The van der Waals surface area contributed by atoms with Gasteiger partial charge in [-0.05, 0) is 38.1 Å². The molecule has 0 amide bonds. The molecule has 10 nitrogen and oxygen atoms in total. The average Bonchev–Trinajstić information content (AvgIpc) is 3.38. The summed E-state index contributed by atoms with van der Waals surface area (Å²) in [7, 11) is -1.09. The van der Waals surface area contributed by atoms with Crippen molar-refractivity contribution in [2.75, 3.05) is 24.3 Å². The Bertz CT molecular complexity index is 1360. The maximum absolute atomic E-state index is 12.8. The zero-order chi connectivity index (χ0) is 23.6. The first-order valence-corrected chi connectivity index (χ1v) is 12.7. The molecule has 2 N–H and O–H groups in total. The largest absolute Gasteiger partial charge is 0.481 e. The fourth-order valence-electron chi connectivity index (χ4n) is 2.89. The molecule has 0 spiro atoms. The molecule has 4 aromatic rings. The lowest BCUT2D eigenvalue weighted by Gasteiger charge is -2.10. The summed E-state index contributed by atoms with van der Waals surface area (Å²) in [6, 6.07) is 7.66. The normalized spacial score (nSPS) is 11.3. The van der Waals surface area contributed by atoms with E-state index >= 15 is 0 Å². The Morgan fingerprint density at radius 1 is 0.970 bits per heavy atom. The van der Waals surface area contributed by atoms with Crippen molar-refractivity contribution in [1.82, 2.24) is 19.9 Å². The van der Waals surface area contributed by atoms with Crippen LogP contribution in [0.4, 0.5) is 16.6 Å². The van der Waals surface area contributed by atoms with Gasteiger partial charge in [0, 0.05) is 17.1 Å². The first kappa shape index (κ1) is 22.9. The van der Waals surface area contributed by atoms with Gasteiger partial charge < -0.3 is 14.8 Å². The van der Waals surface area contributed by atoms with Gasteiger partial charge in [0.25, 0.3) is 10.0 Å². The van der Waals surface area contributed by atoms with Crippen molar-refractivity contribution in [2.45, 2.75) is 18.7 Å². The van der Waals surface area contributed by atoms with E-state index in [4.69, 9.17) is 9.47 Å². The van der Waals surface area contributed by atoms with Crippen LogP contribution in [-0.4, -0.2) is 42.6 Å². The van der Waals surface area contributed by atoms with E-state index in [9.17, 15) is 8.42 Å². The maximum atomic E-state index is 12.8. The molecular formula is C20H20N6O4S3. The van der Waals surface area contributed by atoms with Crippen molar-refractivity contribution in [3.63, 3.8) is 0 Å². The van der Waals surface area contributed by atoms with Crippen molar-refractivity contribution in [2.24, 2.45) is 0 Å². The number of rotatable bonds is 8. The van der Waals surface area contributed by atoms with Crippen LogP contribution in [0.25, 0.3) is 10.6 Å². The van der Waals surface area contributed by atoms with Crippen molar-refractivity contribution in [3.8, 4) is 22.5 Å². The molecule has 0 fully saturated rings. The molecule has 33 heavy (non-hydrogen) atoms. The number of hydrogen-bond acceptors (Lipinski definition) is 11. The topological polar surface area (TPSA) is 128 Å². The molecule has 4 rings (SSSR count). The van der Waals surface area contributed by atoms with Gasteiger partial charge in [0.15, 0.2) is 10.9 Å². The van der Waals surface area contributed by atoms with Crippen molar-refractivity contribution >= 4 is 49.3 Å². The Labute approximate surface area is 198 Å². The molecule has 0 radical (unpaired) electrons. The molecule has 0 atom stereocenters. The third-order valence-corrected chi connectivity index (χ3v) is 7.59. The second-order valence-electron chi connectivity index (χ2n) is 6.72. The smallest absolute Gasteiger partial charge is 0.321 e. The van der Waals surface area contributed by atoms with Crippen LogP contribution in [0.15, 0.2) is 40.6 Å². The first-order valence-electron chi connectivity index (χ1n) is 9.54. The van der Waals surface area contributed by atoms with Crippen LogP contribution in [-0.2, 0) is 10.0 Å². The van der Waals surface area contributed by atoms with Gasteiger partial charge in [-0.1, -0.05) is 0 Å². The summed E-state index contributed by atoms with van der Waals surface area (Å²) < 4.78 is 38.0. The Kier molecular flexibility index (Phi) is 6.44. The zero-order valence-electron chi connectivity index (χ0n) is 18.1. The Morgan fingerprint density at radius 3 is 2.36 bits per heavy atom. The summed E-state index contributed by atoms with van der Waals surface area (Å²) >= 11 is 3.07. The van der Waals surface area contributed by atoms with Crippen LogP contribution >= 0.6 is 22.7 Å². The predicted octanol–water partition coefficient (Wildman–Crippen LogP) is 4.24. The predicted molar refractivity (Wildman–Crippen MR) is 128 cm³/mol. The van der Waals surface area contributed by atoms with Crippen LogP contribution in [0, 0.1) is 13.8 Å². The average molecular weight is 505 g/mol. The number of aryl methyl sites for hydroxylation is 2. The van der Waals surface area contributed by atoms with Crippen LogP contribution in [0.5, 0.6) is 11.9 Å². The van der Waals surface area contributed by atoms with Gasteiger partial charge in [-0.15, -0.1) is 22.7 Å². The minimum atomic E-state index is -3.89. The Hall–Kier alpha value is -3.29. The highest BCUT2D eigenvalue weighted by Gasteiger charge is 2.17. The van der Waals surface area contributed by atoms with Gasteiger partial charge in [0.05, 0.1) is 40.4 Å². The highest BCUT2D eigenvalue weighted by molar-refractivity contribution is 7.92. The van der Waals surface area contributed by atoms with Crippen LogP contribution in [0.3, 0.4) is 0 Å². The van der Waals surface area contributed by atoms with E-state index in [-0.39, 0.29) is 22.6 Å². The monoisotopic (exact) mass is 504 g/mol. The van der Waals surface area contributed by atoms with Crippen LogP contribution in [0.2, 0.25) is 0 Å². The number of nitrogens with one attached hydrogen (secondary N) is 2. The minimum absolute atomic E-state index is 0.0156. The molecule has 172 valence electrons. The Balaban J connectivity index is 1.48. The lowest BCUT2D eigenvalue weighted by atomic mass is 10.3.